The molecule has 0 saturated heterocycles. The van der Waals surface area contributed by atoms with Crippen LogP contribution in [0.25, 0.3) is 92.4 Å². The number of rotatable bonds is 3. The van der Waals surface area contributed by atoms with Gasteiger partial charge >= 0.3 is 0 Å². The number of para-hydroxylation sites is 3. The van der Waals surface area contributed by atoms with E-state index in [0.29, 0.717) is 11.4 Å². The fourth-order valence-electron chi connectivity index (χ4n) is 6.84. The predicted octanol–water partition coefficient (Wildman–Crippen LogP) is 11.2. The van der Waals surface area contributed by atoms with Gasteiger partial charge in [-0.25, -0.2) is 9.97 Å². The number of hydrogen-bond donors (Lipinski definition) is 0. The second-order valence-electron chi connectivity index (χ2n) is 11.3. The molecular formula is C40H23N3OS. The van der Waals surface area contributed by atoms with Gasteiger partial charge in [-0.15, -0.1) is 11.3 Å². The second-order valence-corrected chi connectivity index (χ2v) is 12.4. The Morgan fingerprint density at radius 1 is 0.533 bits per heavy atom. The van der Waals surface area contributed by atoms with Crippen molar-refractivity contribution < 1.29 is 4.42 Å². The number of hydrogen-bond acceptors (Lipinski definition) is 4. The van der Waals surface area contributed by atoms with Crippen molar-refractivity contribution in [1.82, 2.24) is 14.5 Å². The van der Waals surface area contributed by atoms with Crippen molar-refractivity contribution in [1.29, 1.82) is 0 Å². The van der Waals surface area contributed by atoms with Crippen LogP contribution in [0.1, 0.15) is 0 Å². The van der Waals surface area contributed by atoms with Gasteiger partial charge in [-0.1, -0.05) is 103 Å². The van der Waals surface area contributed by atoms with E-state index in [1.807, 2.05) is 47.7 Å². The number of aromatic nitrogens is 3. The van der Waals surface area contributed by atoms with E-state index in [0.717, 1.165) is 39.0 Å². The molecule has 0 aliphatic heterocycles. The van der Waals surface area contributed by atoms with Crippen molar-refractivity contribution in [2.24, 2.45) is 0 Å². The van der Waals surface area contributed by atoms with E-state index in [4.69, 9.17) is 14.4 Å². The highest BCUT2D eigenvalue weighted by atomic mass is 32.1. The zero-order valence-electron chi connectivity index (χ0n) is 23.9. The molecule has 5 heteroatoms. The minimum atomic E-state index is 0.691. The van der Waals surface area contributed by atoms with E-state index in [2.05, 4.69) is 108 Å². The molecule has 4 heterocycles. The van der Waals surface area contributed by atoms with Crippen molar-refractivity contribution in [3.63, 3.8) is 0 Å². The number of benzene rings is 6. The summed E-state index contributed by atoms with van der Waals surface area (Å²) in [5.41, 5.74) is 8.77. The lowest BCUT2D eigenvalue weighted by Crippen LogP contribution is -1.93. The summed E-state index contributed by atoms with van der Waals surface area (Å²) in [5, 5.41) is 5.99. The third-order valence-electron chi connectivity index (χ3n) is 8.82. The van der Waals surface area contributed by atoms with Crippen LogP contribution in [0.3, 0.4) is 0 Å². The molecule has 10 aromatic rings. The van der Waals surface area contributed by atoms with E-state index in [1.165, 1.54) is 42.0 Å². The Labute approximate surface area is 261 Å². The largest absolute Gasteiger partial charge is 0.452 e. The molecule has 0 aliphatic carbocycles. The highest BCUT2D eigenvalue weighted by Crippen LogP contribution is 2.47. The quantitative estimate of drug-likeness (QED) is 0.205. The van der Waals surface area contributed by atoms with Crippen LogP contribution in [0.5, 0.6) is 0 Å². The standard InChI is InChI=1S/C40H23N3OS/c1-3-12-24(13-4-1)40-41-35-29-17-8-10-21-33(29)44-37(35)36(42-40)30-19-11-18-26-27-22-23-32-34(39(27)45-38(26)30)28-16-7-9-20-31(28)43(32)25-14-5-2-6-15-25/h1-23H. The van der Waals surface area contributed by atoms with Gasteiger partial charge in [-0.2, -0.15) is 0 Å². The van der Waals surface area contributed by atoms with Gasteiger partial charge in [0.05, 0.1) is 11.0 Å². The normalized spacial score (nSPS) is 12.0. The Balaban J connectivity index is 1.32. The Kier molecular flexibility index (Phi) is 5.12. The molecule has 0 unspecified atom stereocenters. The summed E-state index contributed by atoms with van der Waals surface area (Å²) in [6.07, 6.45) is 0. The first-order valence-corrected chi connectivity index (χ1v) is 15.8. The summed E-state index contributed by atoms with van der Waals surface area (Å²) >= 11 is 1.84. The third-order valence-corrected chi connectivity index (χ3v) is 10.1. The zero-order chi connectivity index (χ0) is 29.5. The molecule has 0 radical (unpaired) electrons. The van der Waals surface area contributed by atoms with Gasteiger partial charge in [0.2, 0.25) is 0 Å². The van der Waals surface area contributed by atoms with Gasteiger partial charge in [-0.3, -0.25) is 0 Å². The number of furan rings is 1. The molecule has 45 heavy (non-hydrogen) atoms. The highest BCUT2D eigenvalue weighted by molar-refractivity contribution is 7.27. The van der Waals surface area contributed by atoms with Crippen molar-refractivity contribution in [2.45, 2.75) is 0 Å². The van der Waals surface area contributed by atoms with Gasteiger partial charge < -0.3 is 8.98 Å². The molecule has 0 saturated carbocycles. The Morgan fingerprint density at radius 2 is 1.24 bits per heavy atom. The van der Waals surface area contributed by atoms with Crippen LogP contribution < -0.4 is 0 Å². The van der Waals surface area contributed by atoms with Crippen LogP contribution >= 0.6 is 11.3 Å². The van der Waals surface area contributed by atoms with Gasteiger partial charge in [0.25, 0.3) is 0 Å². The van der Waals surface area contributed by atoms with Crippen molar-refractivity contribution in [3.05, 3.63) is 140 Å². The fraction of sp³-hybridized carbons (Fsp3) is 0. The molecule has 4 nitrogen and oxygen atoms in total. The number of nitrogens with zero attached hydrogens (tertiary/aromatic N) is 3. The molecule has 0 aliphatic rings. The third kappa shape index (κ3) is 3.53. The van der Waals surface area contributed by atoms with Gasteiger partial charge in [0.15, 0.2) is 11.4 Å². The number of fused-ring (bicyclic) bond motifs is 10. The van der Waals surface area contributed by atoms with E-state index in [9.17, 15) is 0 Å². The van der Waals surface area contributed by atoms with Crippen molar-refractivity contribution in [3.8, 4) is 28.3 Å². The molecule has 10 rings (SSSR count). The van der Waals surface area contributed by atoms with Crippen molar-refractivity contribution >= 4 is 75.4 Å². The molecule has 0 spiro atoms. The maximum absolute atomic E-state index is 6.51. The predicted molar refractivity (Wildman–Crippen MR) is 187 cm³/mol. The first kappa shape index (κ1) is 24.6. The lowest BCUT2D eigenvalue weighted by molar-refractivity contribution is 0.667. The molecule has 210 valence electrons. The summed E-state index contributed by atoms with van der Waals surface area (Å²) < 4.78 is 11.4. The summed E-state index contributed by atoms with van der Waals surface area (Å²) in [6, 6.07) is 48.8. The summed E-state index contributed by atoms with van der Waals surface area (Å²) in [5.74, 6) is 0.691. The summed E-state index contributed by atoms with van der Waals surface area (Å²) in [7, 11) is 0. The molecule has 0 fully saturated rings. The first-order valence-electron chi connectivity index (χ1n) is 15.0. The Morgan fingerprint density at radius 3 is 2.11 bits per heavy atom. The van der Waals surface area contributed by atoms with Crippen LogP contribution in [-0.4, -0.2) is 14.5 Å². The lowest BCUT2D eigenvalue weighted by Gasteiger charge is -2.07. The molecule has 0 N–H and O–H groups in total. The smallest absolute Gasteiger partial charge is 0.180 e. The minimum Gasteiger partial charge on any atom is -0.452 e. The summed E-state index contributed by atoms with van der Waals surface area (Å²) in [6.45, 7) is 0. The van der Waals surface area contributed by atoms with E-state index < -0.39 is 0 Å². The Bertz CT molecular complexity index is 2760. The summed E-state index contributed by atoms with van der Waals surface area (Å²) in [4.78, 5) is 10.3. The van der Waals surface area contributed by atoms with Gasteiger partial charge in [0.1, 0.15) is 16.8 Å². The van der Waals surface area contributed by atoms with Crippen molar-refractivity contribution in [2.75, 3.05) is 0 Å². The van der Waals surface area contributed by atoms with Gasteiger partial charge in [0, 0.05) is 53.1 Å². The van der Waals surface area contributed by atoms with Crippen LogP contribution in [0.2, 0.25) is 0 Å². The average Bonchev–Trinajstić information content (AvgIpc) is 3.78. The maximum atomic E-state index is 6.51. The van der Waals surface area contributed by atoms with Crippen LogP contribution in [0, 0.1) is 0 Å². The first-order chi connectivity index (χ1) is 22.3. The number of thiophene rings is 1. The minimum absolute atomic E-state index is 0.691. The zero-order valence-corrected chi connectivity index (χ0v) is 24.8. The average molecular weight is 594 g/mol. The molecule has 4 aromatic heterocycles. The van der Waals surface area contributed by atoms with E-state index >= 15 is 0 Å². The fourth-order valence-corrected chi connectivity index (χ4v) is 8.21. The molecule has 6 aromatic carbocycles. The SMILES string of the molecule is c1ccc(-c2nc(-c3cccc4c3sc3c4ccc4c3c3ccccc3n4-c3ccccc3)c3oc4ccccc4c3n2)cc1. The van der Waals surface area contributed by atoms with E-state index in [1.54, 1.807) is 0 Å². The second kappa shape index (κ2) is 9.36. The molecule has 0 bridgehead atoms. The van der Waals surface area contributed by atoms with E-state index in [-0.39, 0.29) is 0 Å². The van der Waals surface area contributed by atoms with Crippen LogP contribution in [-0.2, 0) is 0 Å². The lowest BCUT2D eigenvalue weighted by atomic mass is 10.0. The van der Waals surface area contributed by atoms with Crippen LogP contribution in [0.15, 0.2) is 144 Å². The Hall–Kier alpha value is -5.78. The monoisotopic (exact) mass is 593 g/mol. The maximum Gasteiger partial charge on any atom is 0.180 e. The molecule has 0 amide bonds. The highest BCUT2D eigenvalue weighted by Gasteiger charge is 2.22. The molecular weight excluding hydrogens is 571 g/mol. The topological polar surface area (TPSA) is 43.9 Å². The van der Waals surface area contributed by atoms with Crippen LogP contribution in [0.4, 0.5) is 0 Å². The molecule has 0 atom stereocenters. The van der Waals surface area contributed by atoms with Gasteiger partial charge in [-0.05, 0) is 36.4 Å².